The van der Waals surface area contributed by atoms with Crippen LogP contribution in [-0.4, -0.2) is 0 Å². The molecular weight excluding hydrogens is 287 g/mol. The molecule has 5 heteroatoms. The maximum atomic E-state index is 14.1. The van der Waals surface area contributed by atoms with Crippen molar-refractivity contribution in [3.8, 4) is 0 Å². The normalized spacial score (nSPS) is 12.6. The molecule has 0 bridgehead atoms. The maximum Gasteiger partial charge on any atom is 0.134 e. The molecule has 0 aliphatic heterocycles. The fourth-order valence-corrected chi connectivity index (χ4v) is 2.30. The summed E-state index contributed by atoms with van der Waals surface area (Å²) in [5.74, 6) is -1.95. The van der Waals surface area contributed by atoms with Crippen LogP contribution < -0.4 is 5.73 Å². The number of hydrogen-bond acceptors (Lipinski definition) is 1. The first kappa shape index (κ1) is 14.9. The van der Waals surface area contributed by atoms with E-state index in [2.05, 4.69) is 0 Å². The molecule has 2 aromatic carbocycles. The van der Waals surface area contributed by atoms with Gasteiger partial charge in [0.15, 0.2) is 0 Å². The van der Waals surface area contributed by atoms with E-state index >= 15 is 0 Å². The van der Waals surface area contributed by atoms with Crippen LogP contribution in [0.15, 0.2) is 24.3 Å². The fraction of sp³-hybridized carbons (Fsp3) is 0.200. The van der Waals surface area contributed by atoms with E-state index in [1.54, 1.807) is 0 Å². The molecule has 0 heterocycles. The minimum absolute atomic E-state index is 0.0425. The summed E-state index contributed by atoms with van der Waals surface area (Å²) >= 11 is 5.93. The second kappa shape index (κ2) is 5.46. The predicted molar refractivity (Wildman–Crippen MR) is 73.3 cm³/mol. The zero-order valence-corrected chi connectivity index (χ0v) is 11.7. The summed E-state index contributed by atoms with van der Waals surface area (Å²) in [4.78, 5) is 0. The van der Waals surface area contributed by atoms with Gasteiger partial charge in [0.25, 0.3) is 0 Å². The Morgan fingerprint density at radius 2 is 1.65 bits per heavy atom. The van der Waals surface area contributed by atoms with Crippen LogP contribution in [-0.2, 0) is 0 Å². The first-order chi connectivity index (χ1) is 9.32. The van der Waals surface area contributed by atoms with Gasteiger partial charge < -0.3 is 5.73 Å². The van der Waals surface area contributed by atoms with Crippen LogP contribution in [0.1, 0.15) is 28.3 Å². The summed E-state index contributed by atoms with van der Waals surface area (Å²) < 4.78 is 41.3. The molecule has 106 valence electrons. The summed E-state index contributed by atoms with van der Waals surface area (Å²) in [5.41, 5.74) is 6.54. The third-order valence-electron chi connectivity index (χ3n) is 3.24. The average Bonchev–Trinajstić information content (AvgIpc) is 2.38. The molecule has 0 aliphatic rings. The fourth-order valence-electron chi connectivity index (χ4n) is 2.04. The Hall–Kier alpha value is -1.52. The minimum Gasteiger partial charge on any atom is -0.320 e. The monoisotopic (exact) mass is 299 g/mol. The van der Waals surface area contributed by atoms with Crippen molar-refractivity contribution < 1.29 is 13.2 Å². The minimum atomic E-state index is -1.10. The molecule has 1 atom stereocenters. The van der Waals surface area contributed by atoms with Crippen LogP contribution in [0.2, 0.25) is 5.02 Å². The standard InChI is InChI=1S/C15H13ClF3N/c1-7-3-4-11(17)13(14(7)19)15(20)9-5-8(2)12(18)6-10(9)16/h3-6,15H,20H2,1-2H3. The van der Waals surface area contributed by atoms with Crippen LogP contribution in [0.5, 0.6) is 0 Å². The largest absolute Gasteiger partial charge is 0.320 e. The van der Waals surface area contributed by atoms with Gasteiger partial charge in [0.2, 0.25) is 0 Å². The van der Waals surface area contributed by atoms with Gasteiger partial charge in [-0.05, 0) is 48.7 Å². The zero-order valence-electron chi connectivity index (χ0n) is 11.0. The summed E-state index contributed by atoms with van der Waals surface area (Å²) in [6.45, 7) is 3.05. The highest BCUT2D eigenvalue weighted by molar-refractivity contribution is 6.31. The van der Waals surface area contributed by atoms with Crippen molar-refractivity contribution in [3.63, 3.8) is 0 Å². The third-order valence-corrected chi connectivity index (χ3v) is 3.57. The molecule has 1 unspecified atom stereocenters. The van der Waals surface area contributed by atoms with E-state index in [-0.39, 0.29) is 21.7 Å². The topological polar surface area (TPSA) is 26.0 Å². The van der Waals surface area contributed by atoms with Crippen LogP contribution in [0, 0.1) is 31.3 Å². The van der Waals surface area contributed by atoms with Gasteiger partial charge in [-0.15, -0.1) is 0 Å². The van der Waals surface area contributed by atoms with Crippen LogP contribution >= 0.6 is 11.6 Å². The highest BCUT2D eigenvalue weighted by Crippen LogP contribution is 2.32. The Morgan fingerprint density at radius 1 is 1.00 bits per heavy atom. The van der Waals surface area contributed by atoms with Crippen molar-refractivity contribution in [3.05, 3.63) is 69.0 Å². The summed E-state index contributed by atoms with van der Waals surface area (Å²) in [6, 6.07) is 3.89. The highest BCUT2D eigenvalue weighted by Gasteiger charge is 2.22. The van der Waals surface area contributed by atoms with Gasteiger partial charge in [-0.25, -0.2) is 13.2 Å². The average molecular weight is 300 g/mol. The molecule has 0 saturated heterocycles. The van der Waals surface area contributed by atoms with Gasteiger partial charge in [0.05, 0.1) is 6.04 Å². The van der Waals surface area contributed by atoms with Crippen molar-refractivity contribution in [2.75, 3.05) is 0 Å². The molecule has 1 nitrogen and oxygen atoms in total. The number of benzene rings is 2. The summed E-state index contributed by atoms with van der Waals surface area (Å²) in [7, 11) is 0. The number of aryl methyl sites for hydroxylation is 2. The number of nitrogens with two attached hydrogens (primary N) is 1. The van der Waals surface area contributed by atoms with Gasteiger partial charge in [-0.3, -0.25) is 0 Å². The van der Waals surface area contributed by atoms with E-state index in [1.807, 2.05) is 0 Å². The van der Waals surface area contributed by atoms with E-state index in [0.29, 0.717) is 5.56 Å². The SMILES string of the molecule is Cc1cc(C(N)c2c(F)ccc(C)c2F)c(Cl)cc1F. The van der Waals surface area contributed by atoms with Crippen LogP contribution in [0.25, 0.3) is 0 Å². The van der Waals surface area contributed by atoms with Crippen molar-refractivity contribution in [1.29, 1.82) is 0 Å². The molecule has 0 aliphatic carbocycles. The lowest BCUT2D eigenvalue weighted by Gasteiger charge is -2.17. The van der Waals surface area contributed by atoms with Crippen molar-refractivity contribution >= 4 is 11.6 Å². The lowest BCUT2D eigenvalue weighted by molar-refractivity contribution is 0.537. The predicted octanol–water partition coefficient (Wildman–Crippen LogP) is 4.42. The van der Waals surface area contributed by atoms with Crippen LogP contribution in [0.3, 0.4) is 0 Å². The molecule has 0 amide bonds. The Bertz CT molecular complexity index is 671. The number of hydrogen-bond donors (Lipinski definition) is 1. The van der Waals surface area contributed by atoms with Gasteiger partial charge in [0, 0.05) is 10.6 Å². The van der Waals surface area contributed by atoms with E-state index in [4.69, 9.17) is 17.3 Å². The molecule has 0 radical (unpaired) electrons. The molecule has 0 aromatic heterocycles. The molecule has 20 heavy (non-hydrogen) atoms. The molecule has 0 fully saturated rings. The molecule has 2 aromatic rings. The van der Waals surface area contributed by atoms with Crippen molar-refractivity contribution in [1.82, 2.24) is 0 Å². The molecule has 2 rings (SSSR count). The number of rotatable bonds is 2. The maximum absolute atomic E-state index is 14.1. The Labute approximate surface area is 120 Å². The molecule has 0 spiro atoms. The van der Waals surface area contributed by atoms with E-state index in [0.717, 1.165) is 12.1 Å². The third kappa shape index (κ3) is 2.53. The van der Waals surface area contributed by atoms with Gasteiger partial charge >= 0.3 is 0 Å². The lowest BCUT2D eigenvalue weighted by atomic mass is 9.95. The summed E-state index contributed by atoms with van der Waals surface area (Å²) in [5, 5.41) is 0.0425. The van der Waals surface area contributed by atoms with E-state index < -0.39 is 23.5 Å². The smallest absolute Gasteiger partial charge is 0.134 e. The van der Waals surface area contributed by atoms with Gasteiger partial charge in [0.1, 0.15) is 17.5 Å². The number of halogens is 4. The molecule has 2 N–H and O–H groups in total. The zero-order chi connectivity index (χ0) is 15.0. The molecule has 0 saturated carbocycles. The Kier molecular flexibility index (Phi) is 4.06. The first-order valence-electron chi connectivity index (χ1n) is 5.98. The van der Waals surface area contributed by atoms with Gasteiger partial charge in [-0.2, -0.15) is 0 Å². The highest BCUT2D eigenvalue weighted by atomic mass is 35.5. The summed E-state index contributed by atoms with van der Waals surface area (Å²) in [6.07, 6.45) is 0. The molecular formula is C15H13ClF3N. The van der Waals surface area contributed by atoms with Crippen molar-refractivity contribution in [2.45, 2.75) is 19.9 Å². The Morgan fingerprint density at radius 3 is 2.30 bits per heavy atom. The Balaban J connectivity index is 2.60. The lowest BCUT2D eigenvalue weighted by Crippen LogP contribution is -2.17. The van der Waals surface area contributed by atoms with E-state index in [9.17, 15) is 13.2 Å². The van der Waals surface area contributed by atoms with E-state index in [1.165, 1.54) is 26.0 Å². The first-order valence-corrected chi connectivity index (χ1v) is 6.36. The van der Waals surface area contributed by atoms with Crippen molar-refractivity contribution in [2.24, 2.45) is 5.73 Å². The van der Waals surface area contributed by atoms with Crippen LogP contribution in [0.4, 0.5) is 13.2 Å². The quantitative estimate of drug-likeness (QED) is 0.872. The second-order valence-corrected chi connectivity index (χ2v) is 5.10. The van der Waals surface area contributed by atoms with Gasteiger partial charge in [-0.1, -0.05) is 17.7 Å². The second-order valence-electron chi connectivity index (χ2n) is 4.69.